The SMILES string of the molecule is CCCCN(C)C(=O)CCC(=O)c1ccc2c(c1)N(C)C(=O)CO2. The van der Waals surface area contributed by atoms with Gasteiger partial charge in [0.2, 0.25) is 5.91 Å². The summed E-state index contributed by atoms with van der Waals surface area (Å²) in [7, 11) is 3.42. The lowest BCUT2D eigenvalue weighted by molar-refractivity contribution is -0.129. The van der Waals surface area contributed by atoms with Gasteiger partial charge in [-0.05, 0) is 24.6 Å². The molecule has 0 saturated carbocycles. The minimum Gasteiger partial charge on any atom is -0.482 e. The molecule has 1 aromatic rings. The standard InChI is InChI=1S/C18H24N2O4/c1-4-5-10-19(2)17(22)9-7-15(21)13-6-8-16-14(11-13)20(3)18(23)12-24-16/h6,8,11H,4-5,7,9-10,12H2,1-3H3. The molecule has 1 aliphatic heterocycles. The summed E-state index contributed by atoms with van der Waals surface area (Å²) in [5.74, 6) is 0.302. The van der Waals surface area contributed by atoms with Gasteiger partial charge in [-0.15, -0.1) is 0 Å². The van der Waals surface area contributed by atoms with E-state index in [4.69, 9.17) is 4.74 Å². The number of nitrogens with zero attached hydrogens (tertiary/aromatic N) is 2. The fourth-order valence-corrected chi connectivity index (χ4v) is 2.52. The smallest absolute Gasteiger partial charge is 0.264 e. The van der Waals surface area contributed by atoms with Gasteiger partial charge in [0.15, 0.2) is 12.4 Å². The van der Waals surface area contributed by atoms with Crippen molar-refractivity contribution in [3.05, 3.63) is 23.8 Å². The van der Waals surface area contributed by atoms with Crippen molar-refractivity contribution in [1.29, 1.82) is 0 Å². The van der Waals surface area contributed by atoms with Crippen molar-refractivity contribution >= 4 is 23.3 Å². The molecule has 0 aliphatic carbocycles. The molecule has 0 bridgehead atoms. The van der Waals surface area contributed by atoms with Crippen molar-refractivity contribution in [3.63, 3.8) is 0 Å². The van der Waals surface area contributed by atoms with E-state index in [0.29, 0.717) is 23.5 Å². The maximum absolute atomic E-state index is 12.3. The number of likely N-dealkylation sites (N-methyl/N-ethyl adjacent to an activating group) is 1. The van der Waals surface area contributed by atoms with Crippen LogP contribution in [0.15, 0.2) is 18.2 Å². The first-order valence-electron chi connectivity index (χ1n) is 8.24. The van der Waals surface area contributed by atoms with Crippen molar-refractivity contribution < 1.29 is 19.1 Å². The molecule has 0 aromatic heterocycles. The number of carbonyl (C=O) groups is 3. The fraction of sp³-hybridized carbons (Fsp3) is 0.500. The van der Waals surface area contributed by atoms with Crippen LogP contribution in [0.4, 0.5) is 5.69 Å². The van der Waals surface area contributed by atoms with E-state index in [0.717, 1.165) is 12.8 Å². The first-order valence-corrected chi connectivity index (χ1v) is 8.24. The molecule has 1 aliphatic rings. The number of anilines is 1. The number of carbonyl (C=O) groups excluding carboxylic acids is 3. The summed E-state index contributed by atoms with van der Waals surface area (Å²) in [4.78, 5) is 39.2. The van der Waals surface area contributed by atoms with Crippen LogP contribution in [-0.2, 0) is 9.59 Å². The molecular formula is C18H24N2O4. The Kier molecular flexibility index (Phi) is 5.95. The molecule has 2 rings (SSSR count). The van der Waals surface area contributed by atoms with Crippen LogP contribution in [0.2, 0.25) is 0 Å². The van der Waals surface area contributed by atoms with Crippen molar-refractivity contribution in [3.8, 4) is 5.75 Å². The third kappa shape index (κ3) is 4.13. The maximum atomic E-state index is 12.3. The lowest BCUT2D eigenvalue weighted by Gasteiger charge is -2.26. The number of hydrogen-bond donors (Lipinski definition) is 0. The van der Waals surface area contributed by atoms with E-state index in [-0.39, 0.29) is 37.0 Å². The zero-order valence-corrected chi connectivity index (χ0v) is 14.5. The largest absolute Gasteiger partial charge is 0.482 e. The van der Waals surface area contributed by atoms with Gasteiger partial charge in [0, 0.05) is 39.0 Å². The molecule has 0 spiro atoms. The summed E-state index contributed by atoms with van der Waals surface area (Å²) in [6, 6.07) is 5.02. The molecule has 0 unspecified atom stereocenters. The fourth-order valence-electron chi connectivity index (χ4n) is 2.52. The molecule has 0 fully saturated rings. The van der Waals surface area contributed by atoms with Crippen molar-refractivity contribution in [2.24, 2.45) is 0 Å². The van der Waals surface area contributed by atoms with Gasteiger partial charge < -0.3 is 14.5 Å². The Hall–Kier alpha value is -2.37. The van der Waals surface area contributed by atoms with Crippen LogP contribution in [0.3, 0.4) is 0 Å². The highest BCUT2D eigenvalue weighted by Gasteiger charge is 2.23. The highest BCUT2D eigenvalue weighted by Crippen LogP contribution is 2.32. The first kappa shape index (κ1) is 18.0. The summed E-state index contributed by atoms with van der Waals surface area (Å²) < 4.78 is 5.34. The van der Waals surface area contributed by atoms with Gasteiger partial charge in [0.05, 0.1) is 5.69 Å². The normalized spacial score (nSPS) is 13.3. The molecule has 0 saturated heterocycles. The average molecular weight is 332 g/mol. The Labute approximate surface area is 142 Å². The third-order valence-corrected chi connectivity index (χ3v) is 4.21. The van der Waals surface area contributed by atoms with Crippen LogP contribution < -0.4 is 9.64 Å². The van der Waals surface area contributed by atoms with Crippen LogP contribution in [-0.4, -0.2) is 49.7 Å². The number of benzene rings is 1. The monoisotopic (exact) mass is 332 g/mol. The van der Waals surface area contributed by atoms with E-state index in [1.807, 2.05) is 0 Å². The van der Waals surface area contributed by atoms with E-state index in [1.165, 1.54) is 4.90 Å². The molecule has 24 heavy (non-hydrogen) atoms. The van der Waals surface area contributed by atoms with Gasteiger partial charge >= 0.3 is 0 Å². The predicted octanol–water partition coefficient (Wildman–Crippen LogP) is 2.26. The highest BCUT2D eigenvalue weighted by atomic mass is 16.5. The van der Waals surface area contributed by atoms with Gasteiger partial charge in [-0.3, -0.25) is 14.4 Å². The van der Waals surface area contributed by atoms with Crippen molar-refractivity contribution in [1.82, 2.24) is 4.90 Å². The van der Waals surface area contributed by atoms with Crippen molar-refractivity contribution in [2.75, 3.05) is 32.1 Å². The van der Waals surface area contributed by atoms with Gasteiger partial charge in [-0.2, -0.15) is 0 Å². The molecule has 2 amide bonds. The number of ether oxygens (including phenoxy) is 1. The maximum Gasteiger partial charge on any atom is 0.264 e. The second-order valence-electron chi connectivity index (χ2n) is 6.02. The van der Waals surface area contributed by atoms with Crippen LogP contribution in [0.1, 0.15) is 43.0 Å². The van der Waals surface area contributed by atoms with E-state index in [9.17, 15) is 14.4 Å². The second kappa shape index (κ2) is 7.95. The van der Waals surface area contributed by atoms with E-state index in [2.05, 4.69) is 6.92 Å². The Balaban J connectivity index is 1.98. The second-order valence-corrected chi connectivity index (χ2v) is 6.02. The first-order chi connectivity index (χ1) is 11.4. The van der Waals surface area contributed by atoms with Gasteiger partial charge in [0.1, 0.15) is 5.75 Å². The molecule has 130 valence electrons. The Morgan fingerprint density at radius 1 is 1.29 bits per heavy atom. The number of amides is 2. The summed E-state index contributed by atoms with van der Waals surface area (Å²) >= 11 is 0. The number of rotatable bonds is 7. The van der Waals surface area contributed by atoms with E-state index >= 15 is 0 Å². The average Bonchev–Trinajstić information content (AvgIpc) is 2.60. The van der Waals surface area contributed by atoms with Crippen LogP contribution in [0.5, 0.6) is 5.75 Å². The Bertz CT molecular complexity index is 642. The molecular weight excluding hydrogens is 308 g/mol. The molecule has 6 nitrogen and oxygen atoms in total. The molecule has 6 heteroatoms. The van der Waals surface area contributed by atoms with E-state index < -0.39 is 0 Å². The third-order valence-electron chi connectivity index (χ3n) is 4.21. The minimum atomic E-state index is -0.153. The van der Waals surface area contributed by atoms with Gasteiger partial charge in [0.25, 0.3) is 5.91 Å². The summed E-state index contributed by atoms with van der Waals surface area (Å²) in [5.41, 5.74) is 1.08. The summed E-state index contributed by atoms with van der Waals surface area (Å²) in [6.07, 6.45) is 2.34. The zero-order chi connectivity index (χ0) is 17.7. The zero-order valence-electron chi connectivity index (χ0n) is 14.5. The summed E-state index contributed by atoms with van der Waals surface area (Å²) in [5, 5.41) is 0. The van der Waals surface area contributed by atoms with Crippen LogP contribution in [0.25, 0.3) is 0 Å². The van der Waals surface area contributed by atoms with Crippen molar-refractivity contribution in [2.45, 2.75) is 32.6 Å². The molecule has 0 N–H and O–H groups in total. The van der Waals surface area contributed by atoms with Crippen LogP contribution in [0, 0.1) is 0 Å². The number of unbranched alkanes of at least 4 members (excludes halogenated alkanes) is 1. The lowest BCUT2D eigenvalue weighted by Crippen LogP contribution is -2.35. The summed E-state index contributed by atoms with van der Waals surface area (Å²) in [6.45, 7) is 2.80. The predicted molar refractivity (Wildman–Crippen MR) is 91.5 cm³/mol. The molecule has 1 aromatic carbocycles. The quantitative estimate of drug-likeness (QED) is 0.718. The van der Waals surface area contributed by atoms with Crippen LogP contribution >= 0.6 is 0 Å². The Morgan fingerprint density at radius 3 is 2.75 bits per heavy atom. The topological polar surface area (TPSA) is 66.9 Å². The number of fused-ring (bicyclic) bond motifs is 1. The van der Waals surface area contributed by atoms with E-state index in [1.54, 1.807) is 37.2 Å². The minimum absolute atomic E-state index is 0.00932. The highest BCUT2D eigenvalue weighted by molar-refractivity contribution is 6.02. The number of ketones is 1. The molecule has 1 heterocycles. The lowest BCUT2D eigenvalue weighted by atomic mass is 10.0. The number of Topliss-reactive ketones (excluding diaryl/α,β-unsaturated/α-hetero) is 1. The van der Waals surface area contributed by atoms with Gasteiger partial charge in [-0.25, -0.2) is 0 Å². The molecule has 0 radical (unpaired) electrons. The van der Waals surface area contributed by atoms with Gasteiger partial charge in [-0.1, -0.05) is 13.3 Å². The Morgan fingerprint density at radius 2 is 2.04 bits per heavy atom. The number of hydrogen-bond acceptors (Lipinski definition) is 4. The molecule has 0 atom stereocenters.